The predicted molar refractivity (Wildman–Crippen MR) is 444 cm³/mol. The van der Waals surface area contributed by atoms with E-state index in [-0.39, 0.29) is 11.9 Å². The van der Waals surface area contributed by atoms with Crippen molar-refractivity contribution in [2.24, 2.45) is 11.3 Å². The third kappa shape index (κ3) is 5.64. The number of carbonyl (C=O) groups excluding carboxylic acids is 1. The van der Waals surface area contributed by atoms with Gasteiger partial charge in [0.1, 0.15) is 0 Å². The van der Waals surface area contributed by atoms with Gasteiger partial charge in [-0.25, -0.2) is 0 Å². The zero-order chi connectivity index (χ0) is 70.2. The van der Waals surface area contributed by atoms with Crippen LogP contribution < -0.4 is 0 Å². The van der Waals surface area contributed by atoms with E-state index in [1.54, 1.807) is 94.0 Å². The van der Waals surface area contributed by atoms with Gasteiger partial charge in [-0.05, 0) is 427 Å². The minimum absolute atomic E-state index is 0.122. The Kier molecular flexibility index (Phi) is 9.69. The highest BCUT2D eigenvalue weighted by atomic mass is 16.5. The van der Waals surface area contributed by atoms with Crippen molar-refractivity contribution in [2.45, 2.75) is 126 Å². The number of methoxy groups -OCH3 is 1. The molecule has 20 aromatic rings. The molecule has 1 fully saturated rings. The number of hydrogen-bond acceptors (Lipinski definition) is 2. The lowest BCUT2D eigenvalue weighted by atomic mass is 9.68. The van der Waals surface area contributed by atoms with Crippen LogP contribution in [-0.4, -0.2) is 13.1 Å². The average Bonchev–Trinajstić information content (AvgIpc) is 1.38. The molecule has 0 heterocycles. The highest BCUT2D eigenvalue weighted by molar-refractivity contribution is 6.62. The molecule has 6 aliphatic rings. The van der Waals surface area contributed by atoms with Crippen LogP contribution in [0.4, 0.5) is 0 Å². The van der Waals surface area contributed by atoms with Gasteiger partial charge in [-0.15, -0.1) is 0 Å². The fourth-order valence-electron chi connectivity index (χ4n) is 26.9. The van der Waals surface area contributed by atoms with Gasteiger partial charge >= 0.3 is 5.97 Å². The number of carbonyl (C=O) groups is 1. The van der Waals surface area contributed by atoms with Crippen molar-refractivity contribution in [3.8, 4) is 44.5 Å². The predicted octanol–water partition coefficient (Wildman–Crippen LogP) is 26.5. The van der Waals surface area contributed by atoms with Crippen LogP contribution >= 0.6 is 0 Å². The number of ether oxygens (including phenoxy) is 1. The van der Waals surface area contributed by atoms with Crippen LogP contribution in [-0.2, 0) is 39.6 Å². The van der Waals surface area contributed by atoms with E-state index in [2.05, 4.69) is 229 Å². The standard InChI is InChI=1S/C103H74O2/c1-43(100(104)105-13)30-31-102(101-41-63-39-61-37-59-35-57-34-58-36-60-38-62-40-64(42-101)86-82(62)90-84(60)88-80(58)79(57)87-83(59)89-81(61)85(63)98-95-93(89)91(87)92(88)94(90)96(95)99(86)103(98,101)102)97-53(11)71(75-48(6)50(8)77(69-28-20-18-26-67(69)75)73-46(4)44(2)32-55-22-14-16-24-65(55)73)52(10)72(54(97)12)76-49(7)51(9)78(70-29-21-19-27-68(70)76)74-47(5)45(3)33-56-23-15-17-25-66(56)74/h14-29,32-35,37-39,42-43H,30-31,36,40-41H2,1-13H3. The van der Waals surface area contributed by atoms with E-state index in [0.29, 0.717) is 6.42 Å². The van der Waals surface area contributed by atoms with Crippen LogP contribution in [0.25, 0.3) is 201 Å². The van der Waals surface area contributed by atoms with Gasteiger partial charge in [0.15, 0.2) is 0 Å². The maximum atomic E-state index is 14.7. The molecule has 6 aliphatic carbocycles. The zero-order valence-corrected chi connectivity index (χ0v) is 61.8. The molecular formula is C103H74O2. The lowest BCUT2D eigenvalue weighted by molar-refractivity contribution is -0.145. The maximum Gasteiger partial charge on any atom is 0.308 e. The Bertz CT molecular complexity index is 7540. The van der Waals surface area contributed by atoms with Crippen LogP contribution in [0.2, 0.25) is 0 Å². The smallest absolute Gasteiger partial charge is 0.308 e. The van der Waals surface area contributed by atoms with Gasteiger partial charge in [0.2, 0.25) is 0 Å². The SMILES string of the molecule is COC(=O)C(C)CCC1(c2c(C)c(-c3c(C)c(C)c(-c4c(C)c(C)cc5ccccc45)c4ccccc34)c(C)c(-c3c(C)c(C)c(-c4c(C)c(C)cc5ccccc45)c4ccccc34)c2C)C23C=C4Cc5cc6c7c8c5c4c4c5c9c(c%10c(cc%11cc%12cc%13cc(c%14c%13c%13c%12c(c%11%10)c9c%13c(c%147)c58)C6)C2)C431. The van der Waals surface area contributed by atoms with Gasteiger partial charge in [-0.3, -0.25) is 4.79 Å². The van der Waals surface area contributed by atoms with Gasteiger partial charge < -0.3 is 4.74 Å². The minimum Gasteiger partial charge on any atom is -0.469 e. The molecule has 0 radical (unpaired) electrons. The first-order valence-electron chi connectivity index (χ1n) is 38.7. The molecule has 2 heteroatoms. The van der Waals surface area contributed by atoms with Crippen molar-refractivity contribution in [3.63, 3.8) is 0 Å². The summed E-state index contributed by atoms with van der Waals surface area (Å²) in [4.78, 5) is 14.7. The molecule has 20 aromatic carbocycles. The molecule has 0 aromatic heterocycles. The Labute approximate surface area is 608 Å². The van der Waals surface area contributed by atoms with E-state index < -0.39 is 16.2 Å². The first-order chi connectivity index (χ1) is 51.0. The van der Waals surface area contributed by atoms with Crippen molar-refractivity contribution >= 4 is 162 Å². The van der Waals surface area contributed by atoms with Gasteiger partial charge in [0.05, 0.1) is 13.0 Å². The van der Waals surface area contributed by atoms with Crippen molar-refractivity contribution in [1.29, 1.82) is 0 Å². The normalized spacial score (nSPS) is 19.2. The highest BCUT2D eigenvalue weighted by Gasteiger charge is 2.91. The van der Waals surface area contributed by atoms with E-state index >= 15 is 0 Å². The lowest BCUT2D eigenvalue weighted by Gasteiger charge is -2.35. The Balaban J connectivity index is 0.869. The molecule has 1 saturated carbocycles. The van der Waals surface area contributed by atoms with E-state index in [1.165, 1.54) is 220 Å². The van der Waals surface area contributed by atoms with Gasteiger partial charge in [0.25, 0.3) is 0 Å². The molecule has 0 aliphatic heterocycles. The fraction of sp³-hybridized carbons (Fsp3) is 0.214. The second-order valence-electron chi connectivity index (χ2n) is 34.4. The summed E-state index contributed by atoms with van der Waals surface area (Å²) in [5.74, 6) is -0.455. The Morgan fingerprint density at radius 1 is 0.352 bits per heavy atom. The molecule has 4 atom stereocenters. The second-order valence-corrected chi connectivity index (χ2v) is 34.4. The molecule has 0 amide bonds. The van der Waals surface area contributed by atoms with Crippen LogP contribution in [0.3, 0.4) is 0 Å². The van der Waals surface area contributed by atoms with Crippen LogP contribution in [0, 0.1) is 87.5 Å². The number of fused-ring (bicyclic) bond motifs is 4. The lowest BCUT2D eigenvalue weighted by Crippen LogP contribution is -2.28. The van der Waals surface area contributed by atoms with E-state index in [9.17, 15) is 4.79 Å². The number of allylic oxidation sites excluding steroid dienone is 2. The summed E-state index contributed by atoms with van der Waals surface area (Å²) in [6, 6.07) is 55.2. The maximum absolute atomic E-state index is 14.7. The monoisotopic (exact) mass is 1340 g/mol. The van der Waals surface area contributed by atoms with Crippen LogP contribution in [0.5, 0.6) is 0 Å². The van der Waals surface area contributed by atoms with E-state index in [0.717, 1.165) is 25.7 Å². The van der Waals surface area contributed by atoms with Gasteiger partial charge in [-0.1, -0.05) is 140 Å². The number of benzene rings is 16. The highest BCUT2D eigenvalue weighted by Crippen LogP contribution is 2.93. The Hall–Kier alpha value is -10.9. The number of aryl methyl sites for hydroxylation is 2. The summed E-state index contributed by atoms with van der Waals surface area (Å²) >= 11 is 0. The molecule has 4 unspecified atom stereocenters. The van der Waals surface area contributed by atoms with E-state index in [1.807, 2.05) is 0 Å². The third-order valence-corrected chi connectivity index (χ3v) is 30.7. The summed E-state index contributed by atoms with van der Waals surface area (Å²) < 4.78 is 5.89. The van der Waals surface area contributed by atoms with Crippen LogP contribution in [0.15, 0.2) is 146 Å². The fourth-order valence-corrected chi connectivity index (χ4v) is 26.9. The molecule has 498 valence electrons. The Morgan fingerprint density at radius 2 is 0.762 bits per heavy atom. The summed E-state index contributed by atoms with van der Waals surface area (Å²) in [5.41, 5.74) is 37.9. The zero-order valence-electron chi connectivity index (χ0n) is 61.8. The van der Waals surface area contributed by atoms with Crippen LogP contribution in [0.1, 0.15) is 125 Å². The summed E-state index contributed by atoms with van der Waals surface area (Å²) in [6.07, 6.45) is 7.34. The number of esters is 1. The average molecular weight is 1340 g/mol. The minimum atomic E-state index is -0.559. The molecule has 105 heavy (non-hydrogen) atoms. The molecule has 1 spiro atoms. The van der Waals surface area contributed by atoms with Crippen molar-refractivity contribution in [3.05, 3.63) is 251 Å². The van der Waals surface area contributed by atoms with Crippen molar-refractivity contribution in [2.75, 3.05) is 7.11 Å². The largest absolute Gasteiger partial charge is 0.469 e. The quantitative estimate of drug-likeness (QED) is 0.106. The molecule has 0 saturated heterocycles. The second kappa shape index (κ2) is 17.7. The van der Waals surface area contributed by atoms with Crippen molar-refractivity contribution < 1.29 is 9.53 Å². The number of hydrogen-bond donors (Lipinski definition) is 0. The molecule has 0 bridgehead atoms. The summed E-state index contributed by atoms with van der Waals surface area (Å²) in [7, 11) is 1.61. The topological polar surface area (TPSA) is 26.3 Å². The summed E-state index contributed by atoms with van der Waals surface area (Å²) in [6.45, 7) is 29.0. The van der Waals surface area contributed by atoms with E-state index in [4.69, 9.17) is 4.74 Å². The molecule has 26 rings (SSSR count). The first-order valence-corrected chi connectivity index (χ1v) is 38.7. The molecule has 0 N–H and O–H groups in total. The van der Waals surface area contributed by atoms with Gasteiger partial charge in [-0.2, -0.15) is 0 Å². The van der Waals surface area contributed by atoms with Gasteiger partial charge in [0, 0.05) is 16.2 Å². The third-order valence-electron chi connectivity index (χ3n) is 30.7. The molecule has 2 nitrogen and oxygen atoms in total. The summed E-state index contributed by atoms with van der Waals surface area (Å²) in [5, 5.41) is 40.8. The first kappa shape index (κ1) is 57.5. The molecular weight excluding hydrogens is 1270 g/mol. The number of rotatable bonds is 9. The Morgan fingerprint density at radius 3 is 1.31 bits per heavy atom. The van der Waals surface area contributed by atoms with Crippen molar-refractivity contribution in [1.82, 2.24) is 0 Å².